The minimum absolute atomic E-state index is 0.176. The molecule has 0 atom stereocenters. The molecule has 290 valence electrons. The molecule has 0 unspecified atom stereocenters. The van der Waals surface area contributed by atoms with E-state index in [0.29, 0.717) is 33.7 Å². The smallest absolute Gasteiger partial charge is 0.262 e. The average Bonchev–Trinajstić information content (AvgIpc) is 3.15. The topological polar surface area (TPSA) is 55.4 Å². The molecule has 3 rings (SSSR count). The van der Waals surface area contributed by atoms with E-state index in [1.54, 1.807) is 52.2 Å². The lowest BCUT2D eigenvalue weighted by atomic mass is 10.0. The fourth-order valence-corrected chi connectivity index (χ4v) is 7.01. The first-order chi connectivity index (χ1) is 24.9. The number of hydrogen-bond acceptors (Lipinski definition) is 4. The number of methoxy groups -OCH3 is 1. The number of hydrogen-bond donors (Lipinski definition) is 1. The predicted molar refractivity (Wildman–Crippen MR) is 241 cm³/mol. The lowest BCUT2D eigenvalue weighted by Crippen LogP contribution is -2.18. The summed E-state index contributed by atoms with van der Waals surface area (Å²) in [6, 6.07) is 18.1. The predicted octanol–water partition coefficient (Wildman–Crippen LogP) is 15.4. The first kappa shape index (κ1) is 54.8. The van der Waals surface area contributed by atoms with E-state index < -0.39 is 10.0 Å². The van der Waals surface area contributed by atoms with Crippen LogP contribution >= 0.6 is 11.8 Å². The summed E-state index contributed by atoms with van der Waals surface area (Å²) in [4.78, 5) is 1.93. The minimum Gasteiger partial charge on any atom is -0.495 e. The molecule has 0 aromatic heterocycles. The van der Waals surface area contributed by atoms with Crippen LogP contribution in [-0.4, -0.2) is 15.5 Å². The van der Waals surface area contributed by atoms with Crippen molar-refractivity contribution in [2.24, 2.45) is 0 Å². The van der Waals surface area contributed by atoms with Gasteiger partial charge < -0.3 is 4.74 Å². The van der Waals surface area contributed by atoms with Crippen molar-refractivity contribution in [2.75, 3.05) is 11.8 Å². The van der Waals surface area contributed by atoms with Gasteiger partial charge in [0.1, 0.15) is 5.75 Å². The van der Waals surface area contributed by atoms with Gasteiger partial charge in [-0.2, -0.15) is 0 Å². The van der Waals surface area contributed by atoms with Crippen molar-refractivity contribution in [3.05, 3.63) is 137 Å². The first-order valence-corrected chi connectivity index (χ1v) is 20.7. The first-order valence-electron chi connectivity index (χ1n) is 18.4. The Morgan fingerprint density at radius 1 is 0.750 bits per heavy atom. The van der Waals surface area contributed by atoms with Crippen molar-refractivity contribution in [3.8, 4) is 5.75 Å². The molecule has 0 saturated carbocycles. The van der Waals surface area contributed by atoms with Gasteiger partial charge in [0.25, 0.3) is 10.0 Å². The molecule has 0 bridgehead atoms. The van der Waals surface area contributed by atoms with E-state index in [4.69, 9.17) is 4.74 Å². The number of benzene rings is 3. The van der Waals surface area contributed by atoms with E-state index in [1.807, 2.05) is 125 Å². The third-order valence-corrected chi connectivity index (χ3v) is 9.16. The zero-order valence-electron chi connectivity index (χ0n) is 35.5. The summed E-state index contributed by atoms with van der Waals surface area (Å²) in [5.74, 6) is 0.594. The highest BCUT2D eigenvalue weighted by Crippen LogP contribution is 2.44. The molecule has 0 fully saturated rings. The fraction of sp³-hybridized carbons (Fsp3) is 0.348. The third kappa shape index (κ3) is 18.5. The summed E-state index contributed by atoms with van der Waals surface area (Å²) >= 11 is 1.49. The monoisotopic (exact) mass is 749 g/mol. The molecule has 0 spiro atoms. The minimum atomic E-state index is -3.89. The molecular weight excluding hydrogens is 679 g/mol. The molecule has 52 heavy (non-hydrogen) atoms. The van der Waals surface area contributed by atoms with Crippen LogP contribution in [0.25, 0.3) is 18.2 Å². The molecular formula is C46H71NO3S2. The Labute approximate surface area is 325 Å². The summed E-state index contributed by atoms with van der Waals surface area (Å²) < 4.78 is 35.2. The zero-order valence-corrected chi connectivity index (χ0v) is 37.1. The van der Waals surface area contributed by atoms with Crippen molar-refractivity contribution >= 4 is 45.7 Å². The van der Waals surface area contributed by atoms with Gasteiger partial charge in [-0.05, 0) is 63.5 Å². The van der Waals surface area contributed by atoms with Crippen molar-refractivity contribution in [1.82, 2.24) is 0 Å². The SMILES string of the molecule is C=C/C=C\c1cccc(Sc2cc(NS(=O)(=O)C(C(=C)C)=C(C)C)c(C=C)c(C=C)c2OC)c1C.CC.CC.CC.CC.CC.Cc1ccccc1. The van der Waals surface area contributed by atoms with Gasteiger partial charge in [-0.3, -0.25) is 4.72 Å². The number of ether oxygens (including phenoxy) is 1. The Kier molecular flexibility index (Phi) is 34.6. The van der Waals surface area contributed by atoms with Crippen molar-refractivity contribution in [3.63, 3.8) is 0 Å². The van der Waals surface area contributed by atoms with E-state index in [9.17, 15) is 8.42 Å². The zero-order chi connectivity index (χ0) is 41.4. The molecule has 0 amide bonds. The van der Waals surface area contributed by atoms with Crippen LogP contribution in [0.3, 0.4) is 0 Å². The van der Waals surface area contributed by atoms with Crippen LogP contribution in [0.4, 0.5) is 5.69 Å². The highest BCUT2D eigenvalue weighted by molar-refractivity contribution is 7.99. The summed E-state index contributed by atoms with van der Waals surface area (Å²) in [5, 5.41) is 0. The van der Waals surface area contributed by atoms with Gasteiger partial charge in [-0.1, -0.05) is 191 Å². The lowest BCUT2D eigenvalue weighted by molar-refractivity contribution is 0.404. The van der Waals surface area contributed by atoms with Crippen molar-refractivity contribution in [2.45, 2.75) is 114 Å². The second kappa shape index (κ2) is 32.9. The molecule has 0 aliphatic rings. The van der Waals surface area contributed by atoms with Crippen LogP contribution < -0.4 is 9.46 Å². The summed E-state index contributed by atoms with van der Waals surface area (Å²) in [7, 11) is -2.30. The number of nitrogens with one attached hydrogen (secondary N) is 1. The van der Waals surface area contributed by atoms with E-state index in [2.05, 4.69) is 50.1 Å². The highest BCUT2D eigenvalue weighted by atomic mass is 32.2. The summed E-state index contributed by atoms with van der Waals surface area (Å²) in [5.41, 5.74) is 6.21. The second-order valence-corrected chi connectivity index (χ2v) is 12.4. The molecule has 1 N–H and O–H groups in total. The molecule has 0 aliphatic carbocycles. The summed E-state index contributed by atoms with van der Waals surface area (Å²) in [6.07, 6.45) is 8.87. The maximum Gasteiger partial charge on any atom is 0.262 e. The van der Waals surface area contributed by atoms with E-state index in [0.717, 1.165) is 20.9 Å². The van der Waals surface area contributed by atoms with Crippen LogP contribution in [0.1, 0.15) is 118 Å². The normalized spacial score (nSPS) is 9.23. The molecule has 4 nitrogen and oxygen atoms in total. The molecule has 0 aliphatic heterocycles. The van der Waals surface area contributed by atoms with E-state index >= 15 is 0 Å². The Morgan fingerprint density at radius 2 is 1.27 bits per heavy atom. The Morgan fingerprint density at radius 3 is 1.65 bits per heavy atom. The summed E-state index contributed by atoms with van der Waals surface area (Å²) in [6.45, 7) is 44.7. The molecule has 0 heterocycles. The average molecular weight is 750 g/mol. The van der Waals surface area contributed by atoms with Crippen LogP contribution in [0.5, 0.6) is 5.75 Å². The van der Waals surface area contributed by atoms with Gasteiger partial charge in [0.2, 0.25) is 0 Å². The number of allylic oxidation sites excluding steroid dienone is 4. The van der Waals surface area contributed by atoms with Gasteiger partial charge in [0.15, 0.2) is 0 Å². The molecule has 6 heteroatoms. The molecule has 0 radical (unpaired) electrons. The number of rotatable bonds is 11. The largest absolute Gasteiger partial charge is 0.495 e. The maximum absolute atomic E-state index is 13.3. The second-order valence-electron chi connectivity index (χ2n) is 9.73. The molecule has 3 aromatic carbocycles. The van der Waals surface area contributed by atoms with Gasteiger partial charge >= 0.3 is 0 Å². The maximum atomic E-state index is 13.3. The number of anilines is 1. The van der Waals surface area contributed by atoms with Crippen molar-refractivity contribution in [1.29, 1.82) is 0 Å². The third-order valence-electron chi connectivity index (χ3n) is 6.19. The van der Waals surface area contributed by atoms with E-state index in [-0.39, 0.29) is 4.91 Å². The van der Waals surface area contributed by atoms with Crippen LogP contribution in [0.2, 0.25) is 0 Å². The van der Waals surface area contributed by atoms with Gasteiger partial charge in [-0.25, -0.2) is 8.42 Å². The van der Waals surface area contributed by atoms with Crippen LogP contribution in [0, 0.1) is 13.8 Å². The van der Waals surface area contributed by atoms with E-state index in [1.165, 1.54) is 17.3 Å². The number of aryl methyl sites for hydroxylation is 1. The highest BCUT2D eigenvalue weighted by Gasteiger charge is 2.24. The molecule has 0 saturated heterocycles. The van der Waals surface area contributed by atoms with Crippen LogP contribution in [-0.2, 0) is 10.0 Å². The van der Waals surface area contributed by atoms with Crippen LogP contribution in [0.15, 0.2) is 119 Å². The standard InChI is InChI=1S/C29H33NO3S2.C7H8.5C2H6/c1-10-13-15-22-16-14-17-26(21(22)8)34-27-18-25(23(11-2)24(12-3)28(27)33-9)30-35(31,32)29(19(4)5)20(6)7;1-7-5-3-2-4-6-7;5*1-2/h10-18,30H,1-4H2,5-9H3;2-6H,1H3;5*1-2H3/b15-13-;;;;;;. The Balaban J connectivity index is -0.000000570. The quantitative estimate of drug-likeness (QED) is 0.198. The lowest BCUT2D eigenvalue weighted by Gasteiger charge is -2.20. The number of sulfonamides is 1. The van der Waals surface area contributed by atoms with Gasteiger partial charge in [0.05, 0.1) is 22.6 Å². The Bertz CT molecular complexity index is 1630. The van der Waals surface area contributed by atoms with Gasteiger partial charge in [0, 0.05) is 16.0 Å². The fourth-order valence-electron chi connectivity index (χ4n) is 4.34. The Hall–Kier alpha value is -4.00. The molecule has 3 aromatic rings. The van der Waals surface area contributed by atoms with Gasteiger partial charge in [-0.15, -0.1) is 0 Å². The van der Waals surface area contributed by atoms with Crippen molar-refractivity contribution < 1.29 is 13.2 Å².